The van der Waals surface area contributed by atoms with Crippen LogP contribution >= 0.6 is 0 Å². The average Bonchev–Trinajstić information content (AvgIpc) is 2.83. The van der Waals surface area contributed by atoms with E-state index in [0.29, 0.717) is 11.5 Å². The van der Waals surface area contributed by atoms with Crippen molar-refractivity contribution in [3.63, 3.8) is 0 Å². The van der Waals surface area contributed by atoms with Crippen LogP contribution in [0.5, 0.6) is 0 Å². The first-order valence-corrected chi connectivity index (χ1v) is 13.6. The van der Waals surface area contributed by atoms with Crippen molar-refractivity contribution in [1.29, 1.82) is 5.26 Å². The third kappa shape index (κ3) is 4.73. The lowest BCUT2D eigenvalue weighted by atomic mass is 9.89. The van der Waals surface area contributed by atoms with Crippen molar-refractivity contribution < 1.29 is 4.74 Å². The van der Waals surface area contributed by atoms with Gasteiger partial charge < -0.3 is 20.3 Å². The molecule has 0 saturated carbocycles. The molecular weight excluding hydrogens is 473 g/mol. The van der Waals surface area contributed by atoms with Gasteiger partial charge in [-0.25, -0.2) is 4.98 Å². The topological polar surface area (TPSA) is 94.5 Å². The molecule has 2 N–H and O–H groups in total. The number of nitrogens with zero attached hydrogens (tertiary/aromatic N) is 6. The molecule has 6 rings (SSSR count). The van der Waals surface area contributed by atoms with Crippen molar-refractivity contribution in [2.45, 2.75) is 44.4 Å². The molecule has 3 fully saturated rings. The lowest BCUT2D eigenvalue weighted by Gasteiger charge is -2.47. The van der Waals surface area contributed by atoms with E-state index in [9.17, 15) is 5.26 Å². The number of hydrogen-bond donors (Lipinski definition) is 1. The second kappa shape index (κ2) is 9.53. The number of morpholine rings is 1. The Labute approximate surface area is 225 Å². The van der Waals surface area contributed by atoms with Gasteiger partial charge in [-0.15, -0.1) is 0 Å². The number of anilines is 2. The van der Waals surface area contributed by atoms with Gasteiger partial charge in [-0.05, 0) is 61.8 Å². The SMILES string of the molecule is Bc1ccc2c(N3C[C@H](CN4CC(c5cnc(N6CC(C)(N)C6)cc5C)C4)O[C@H](C)C3)ccc(C#N)c2n1. The van der Waals surface area contributed by atoms with Crippen molar-refractivity contribution in [2.24, 2.45) is 5.73 Å². The van der Waals surface area contributed by atoms with Crippen LogP contribution in [-0.4, -0.2) is 86.3 Å². The van der Waals surface area contributed by atoms with Crippen molar-refractivity contribution in [3.8, 4) is 6.07 Å². The zero-order valence-electron chi connectivity index (χ0n) is 22.8. The summed E-state index contributed by atoms with van der Waals surface area (Å²) in [4.78, 5) is 16.6. The van der Waals surface area contributed by atoms with Crippen molar-refractivity contribution >= 4 is 35.8 Å². The molecule has 38 heavy (non-hydrogen) atoms. The summed E-state index contributed by atoms with van der Waals surface area (Å²) < 4.78 is 6.38. The summed E-state index contributed by atoms with van der Waals surface area (Å²) in [5.41, 5.74) is 12.2. The first kappa shape index (κ1) is 25.1. The number of nitrogens with two attached hydrogens (primary N) is 1. The van der Waals surface area contributed by atoms with Gasteiger partial charge in [0, 0.05) is 74.5 Å². The van der Waals surface area contributed by atoms with E-state index in [1.807, 2.05) is 20.0 Å². The van der Waals surface area contributed by atoms with E-state index in [2.05, 4.69) is 70.9 Å². The largest absolute Gasteiger partial charge is 0.370 e. The number of likely N-dealkylation sites (tertiary alicyclic amines) is 1. The lowest BCUT2D eigenvalue weighted by molar-refractivity contribution is -0.0435. The molecule has 1 aromatic carbocycles. The van der Waals surface area contributed by atoms with Gasteiger partial charge in [-0.2, -0.15) is 5.26 Å². The molecule has 3 aliphatic rings. The van der Waals surface area contributed by atoms with Crippen LogP contribution in [0.1, 0.15) is 36.5 Å². The molecule has 3 aromatic rings. The predicted molar refractivity (Wildman–Crippen MR) is 154 cm³/mol. The van der Waals surface area contributed by atoms with E-state index in [1.165, 1.54) is 11.1 Å². The van der Waals surface area contributed by atoms with Crippen molar-refractivity contribution in [1.82, 2.24) is 14.9 Å². The van der Waals surface area contributed by atoms with E-state index < -0.39 is 0 Å². The highest BCUT2D eigenvalue weighted by molar-refractivity contribution is 6.31. The van der Waals surface area contributed by atoms with Gasteiger partial charge in [0.25, 0.3) is 0 Å². The van der Waals surface area contributed by atoms with Crippen LogP contribution < -0.4 is 21.1 Å². The molecule has 9 heteroatoms. The van der Waals surface area contributed by atoms with Gasteiger partial charge >= 0.3 is 0 Å². The Bertz CT molecular complexity index is 1410. The first-order valence-electron chi connectivity index (χ1n) is 13.6. The average molecular weight is 509 g/mol. The highest BCUT2D eigenvalue weighted by Crippen LogP contribution is 2.34. The van der Waals surface area contributed by atoms with Gasteiger partial charge in [-0.3, -0.25) is 9.88 Å². The summed E-state index contributed by atoms with van der Waals surface area (Å²) in [5.74, 6) is 1.55. The summed E-state index contributed by atoms with van der Waals surface area (Å²) in [5, 5.41) is 10.6. The van der Waals surface area contributed by atoms with Gasteiger partial charge in [-0.1, -0.05) is 6.07 Å². The molecule has 0 bridgehead atoms. The maximum absolute atomic E-state index is 9.60. The Morgan fingerprint density at radius 2 is 1.95 bits per heavy atom. The molecule has 0 unspecified atom stereocenters. The first-order chi connectivity index (χ1) is 18.2. The van der Waals surface area contributed by atoms with Crippen LogP contribution in [0.15, 0.2) is 36.5 Å². The second-order valence-corrected chi connectivity index (χ2v) is 11.9. The second-order valence-electron chi connectivity index (χ2n) is 11.9. The summed E-state index contributed by atoms with van der Waals surface area (Å²) in [6.45, 7) is 12.8. The fourth-order valence-electron chi connectivity index (χ4n) is 6.35. The minimum atomic E-state index is -0.0971. The molecule has 0 radical (unpaired) electrons. The van der Waals surface area contributed by atoms with E-state index >= 15 is 0 Å². The Balaban J connectivity index is 1.10. The van der Waals surface area contributed by atoms with E-state index in [1.54, 1.807) is 0 Å². The molecule has 0 amide bonds. The summed E-state index contributed by atoms with van der Waals surface area (Å²) >= 11 is 0. The lowest BCUT2D eigenvalue weighted by Crippen LogP contribution is -2.65. The third-order valence-electron chi connectivity index (χ3n) is 8.18. The van der Waals surface area contributed by atoms with Crippen LogP contribution in [0.4, 0.5) is 11.5 Å². The summed E-state index contributed by atoms with van der Waals surface area (Å²) in [6, 6.07) is 12.6. The highest BCUT2D eigenvalue weighted by atomic mass is 16.5. The van der Waals surface area contributed by atoms with E-state index in [4.69, 9.17) is 15.5 Å². The normalized spacial score (nSPS) is 23.7. The Morgan fingerprint density at radius 3 is 2.66 bits per heavy atom. The van der Waals surface area contributed by atoms with Gasteiger partial charge in [0.05, 0.1) is 23.3 Å². The van der Waals surface area contributed by atoms with Crippen LogP contribution in [0, 0.1) is 18.3 Å². The molecule has 3 aliphatic heterocycles. The minimum absolute atomic E-state index is 0.0971. The van der Waals surface area contributed by atoms with Crippen LogP contribution in [0.3, 0.4) is 0 Å². The van der Waals surface area contributed by atoms with Gasteiger partial charge in [0.15, 0.2) is 7.85 Å². The molecular formula is C29H36BN7O. The molecule has 3 saturated heterocycles. The number of nitriles is 1. The summed E-state index contributed by atoms with van der Waals surface area (Å²) in [6.07, 6.45) is 2.33. The zero-order valence-corrected chi connectivity index (χ0v) is 22.8. The Kier molecular flexibility index (Phi) is 6.30. The summed E-state index contributed by atoms with van der Waals surface area (Å²) in [7, 11) is 1.97. The number of fused-ring (bicyclic) bond motifs is 1. The fraction of sp³-hybridized carbons (Fsp3) is 0.483. The predicted octanol–water partition coefficient (Wildman–Crippen LogP) is 1.30. The third-order valence-corrected chi connectivity index (χ3v) is 8.18. The smallest absolute Gasteiger partial charge is 0.163 e. The van der Waals surface area contributed by atoms with Gasteiger partial charge in [0.1, 0.15) is 11.9 Å². The number of rotatable bonds is 5. The van der Waals surface area contributed by atoms with E-state index in [-0.39, 0.29) is 17.7 Å². The maximum Gasteiger partial charge on any atom is 0.163 e. The quantitative estimate of drug-likeness (QED) is 0.515. The number of pyridine rings is 2. The van der Waals surface area contributed by atoms with Crippen LogP contribution in [0.25, 0.3) is 10.9 Å². The van der Waals surface area contributed by atoms with Crippen LogP contribution in [0.2, 0.25) is 0 Å². The Hall–Kier alpha value is -3.19. The number of aryl methyl sites for hydroxylation is 1. The fourth-order valence-corrected chi connectivity index (χ4v) is 6.35. The molecule has 8 nitrogen and oxygen atoms in total. The number of ether oxygens (including phenoxy) is 1. The molecule has 2 aromatic heterocycles. The Morgan fingerprint density at radius 1 is 1.16 bits per heavy atom. The molecule has 5 heterocycles. The molecule has 2 atom stereocenters. The number of aromatic nitrogens is 2. The van der Waals surface area contributed by atoms with Crippen molar-refractivity contribution in [2.75, 3.05) is 55.6 Å². The number of hydrogen-bond acceptors (Lipinski definition) is 8. The molecule has 0 aliphatic carbocycles. The maximum atomic E-state index is 9.60. The zero-order chi connectivity index (χ0) is 26.6. The van der Waals surface area contributed by atoms with Gasteiger partial charge in [0.2, 0.25) is 0 Å². The van der Waals surface area contributed by atoms with Crippen LogP contribution in [-0.2, 0) is 4.74 Å². The van der Waals surface area contributed by atoms with E-state index in [0.717, 1.165) is 73.8 Å². The van der Waals surface area contributed by atoms with Crippen molar-refractivity contribution in [3.05, 3.63) is 53.2 Å². The molecule has 196 valence electrons. The number of benzene rings is 1. The monoisotopic (exact) mass is 509 g/mol. The minimum Gasteiger partial charge on any atom is -0.370 e. The highest BCUT2D eigenvalue weighted by Gasteiger charge is 2.37. The molecule has 0 spiro atoms. The standard InChI is InChI=1S/C29H36BN7O/c1-18-8-27(37-16-29(3,32)17-37)33-10-24(18)21-12-35(13-21)14-22-15-36(11-19(2)38-22)25-6-4-20(9-31)28-23(25)5-7-26(30)34-28/h4-8,10,19,21-22H,11-17,30,32H2,1-3H3/t19-,22+/m1/s1.